The first-order chi connectivity index (χ1) is 20.3. The molecule has 3 heterocycles. The van der Waals surface area contributed by atoms with Gasteiger partial charge < -0.3 is 20.3 Å². The average Bonchev–Trinajstić information content (AvgIpc) is 3.69. The Hall–Kier alpha value is -4.32. The van der Waals surface area contributed by atoms with Crippen molar-refractivity contribution < 1.29 is 23.5 Å². The van der Waals surface area contributed by atoms with Crippen LogP contribution >= 0.6 is 0 Å². The standard InChI is InChI=1S/C30H34FN7O4/c1-36-25-13-22(23(31)12-19(25)14-34-36)21-4-3-5-24-29(21)30(18-8-10-32-11-9-18)35-38(24)17-27(40)37(20-6-7-20)16-26(39)33-15-28(41)42-2/h3-5,12-14,18,20,32H,6-11,15-17H2,1-2H3,(H,33,39). The van der Waals surface area contributed by atoms with E-state index in [-0.39, 0.29) is 43.3 Å². The molecule has 0 unspecified atom stereocenters. The largest absolute Gasteiger partial charge is 0.468 e. The summed E-state index contributed by atoms with van der Waals surface area (Å²) in [5, 5.41) is 16.7. The second kappa shape index (κ2) is 11.5. The van der Waals surface area contributed by atoms with Crippen molar-refractivity contribution >= 4 is 39.6 Å². The number of carbonyl (C=O) groups excluding carboxylic acids is 3. The minimum Gasteiger partial charge on any atom is -0.468 e. The van der Waals surface area contributed by atoms with E-state index in [1.54, 1.807) is 20.5 Å². The second-order valence-corrected chi connectivity index (χ2v) is 11.0. The van der Waals surface area contributed by atoms with Gasteiger partial charge in [0.1, 0.15) is 18.9 Å². The number of methoxy groups -OCH3 is 1. The number of ether oxygens (including phenoxy) is 1. The molecule has 2 aromatic heterocycles. The number of amides is 2. The monoisotopic (exact) mass is 575 g/mol. The zero-order chi connectivity index (χ0) is 29.4. The first-order valence-corrected chi connectivity index (χ1v) is 14.3. The first-order valence-electron chi connectivity index (χ1n) is 14.3. The number of esters is 1. The summed E-state index contributed by atoms with van der Waals surface area (Å²) in [6.07, 6.45) is 5.04. The third kappa shape index (κ3) is 5.46. The fraction of sp³-hybridized carbons (Fsp3) is 0.433. The number of rotatable bonds is 9. The summed E-state index contributed by atoms with van der Waals surface area (Å²) in [5.41, 5.74) is 3.60. The van der Waals surface area contributed by atoms with Gasteiger partial charge in [-0.25, -0.2) is 4.39 Å². The van der Waals surface area contributed by atoms with E-state index in [1.165, 1.54) is 13.2 Å². The fourth-order valence-electron chi connectivity index (χ4n) is 5.84. The molecule has 1 saturated carbocycles. The van der Waals surface area contributed by atoms with Crippen LogP contribution < -0.4 is 10.6 Å². The van der Waals surface area contributed by atoms with Crippen LogP contribution in [0.2, 0.25) is 0 Å². The Labute approximate surface area is 242 Å². The smallest absolute Gasteiger partial charge is 0.325 e. The quantitative estimate of drug-likeness (QED) is 0.294. The summed E-state index contributed by atoms with van der Waals surface area (Å²) >= 11 is 0. The normalized spacial score (nSPS) is 15.7. The van der Waals surface area contributed by atoms with E-state index in [0.29, 0.717) is 5.56 Å². The van der Waals surface area contributed by atoms with Crippen LogP contribution in [0.1, 0.15) is 37.3 Å². The van der Waals surface area contributed by atoms with Crippen molar-refractivity contribution in [3.8, 4) is 11.1 Å². The highest BCUT2D eigenvalue weighted by Gasteiger charge is 2.35. The lowest BCUT2D eigenvalue weighted by atomic mass is 9.89. The second-order valence-electron chi connectivity index (χ2n) is 11.0. The Balaban J connectivity index is 1.37. The Kier molecular flexibility index (Phi) is 7.63. The number of fused-ring (bicyclic) bond motifs is 2. The maximum atomic E-state index is 15.6. The molecule has 2 N–H and O–H groups in total. The van der Waals surface area contributed by atoms with Gasteiger partial charge >= 0.3 is 5.97 Å². The van der Waals surface area contributed by atoms with Crippen LogP contribution in [0.4, 0.5) is 4.39 Å². The van der Waals surface area contributed by atoms with Crippen LogP contribution in [-0.2, 0) is 32.7 Å². The number of benzene rings is 2. The SMILES string of the molecule is COC(=O)CNC(=O)CN(C(=O)Cn1nc(C2CCNCC2)c2c(-c3cc4c(cnn4C)cc3F)cccc21)C1CC1. The molecule has 12 heteroatoms. The van der Waals surface area contributed by atoms with E-state index in [4.69, 9.17) is 5.10 Å². The van der Waals surface area contributed by atoms with Gasteiger partial charge in [0.2, 0.25) is 11.8 Å². The molecule has 2 amide bonds. The summed E-state index contributed by atoms with van der Waals surface area (Å²) < 4.78 is 23.6. The van der Waals surface area contributed by atoms with E-state index in [0.717, 1.165) is 71.8 Å². The molecule has 6 rings (SSSR count). The van der Waals surface area contributed by atoms with Crippen molar-refractivity contribution in [2.24, 2.45) is 7.05 Å². The lowest BCUT2D eigenvalue weighted by Gasteiger charge is -2.22. The molecular weight excluding hydrogens is 541 g/mol. The number of nitrogens with zero attached hydrogens (tertiary/aromatic N) is 5. The molecule has 4 aromatic rings. The van der Waals surface area contributed by atoms with Gasteiger partial charge in [0.05, 0.1) is 36.6 Å². The number of aromatic nitrogens is 4. The van der Waals surface area contributed by atoms with Gasteiger partial charge in [-0.15, -0.1) is 0 Å². The van der Waals surface area contributed by atoms with Crippen LogP contribution in [0.25, 0.3) is 32.9 Å². The number of carbonyl (C=O) groups is 3. The Morgan fingerprint density at radius 1 is 1.12 bits per heavy atom. The number of halogens is 1. The van der Waals surface area contributed by atoms with Crippen molar-refractivity contribution in [1.82, 2.24) is 35.1 Å². The summed E-state index contributed by atoms with van der Waals surface area (Å²) in [5.74, 6) is -1.42. The van der Waals surface area contributed by atoms with Crippen molar-refractivity contribution in [3.63, 3.8) is 0 Å². The third-order valence-electron chi connectivity index (χ3n) is 8.22. The Morgan fingerprint density at radius 2 is 1.90 bits per heavy atom. The zero-order valence-electron chi connectivity index (χ0n) is 23.7. The van der Waals surface area contributed by atoms with E-state index in [9.17, 15) is 14.4 Å². The number of hydrogen-bond acceptors (Lipinski definition) is 7. The first kappa shape index (κ1) is 27.8. The maximum Gasteiger partial charge on any atom is 0.325 e. The number of aryl methyl sites for hydroxylation is 1. The lowest BCUT2D eigenvalue weighted by molar-refractivity contribution is -0.141. The molecule has 0 radical (unpaired) electrons. The maximum absolute atomic E-state index is 15.6. The van der Waals surface area contributed by atoms with Crippen molar-refractivity contribution in [2.75, 3.05) is 33.3 Å². The van der Waals surface area contributed by atoms with E-state index in [1.807, 2.05) is 31.3 Å². The number of piperidine rings is 1. The molecular formula is C30H34FN7O4. The topological polar surface area (TPSA) is 123 Å². The van der Waals surface area contributed by atoms with Crippen molar-refractivity contribution in [1.29, 1.82) is 0 Å². The molecule has 0 spiro atoms. The molecule has 1 aliphatic carbocycles. The van der Waals surface area contributed by atoms with E-state index in [2.05, 4.69) is 20.5 Å². The summed E-state index contributed by atoms with van der Waals surface area (Å²) in [4.78, 5) is 39.2. The highest BCUT2D eigenvalue weighted by Crippen LogP contribution is 2.39. The predicted molar refractivity (Wildman–Crippen MR) is 154 cm³/mol. The van der Waals surface area contributed by atoms with Gasteiger partial charge in [0, 0.05) is 35.3 Å². The van der Waals surface area contributed by atoms with Crippen molar-refractivity contribution in [2.45, 2.75) is 44.2 Å². The van der Waals surface area contributed by atoms with Gasteiger partial charge in [-0.05, 0) is 62.5 Å². The van der Waals surface area contributed by atoms with Crippen molar-refractivity contribution in [3.05, 3.63) is 48.0 Å². The molecule has 220 valence electrons. The van der Waals surface area contributed by atoms with Crippen LogP contribution in [0.3, 0.4) is 0 Å². The lowest BCUT2D eigenvalue weighted by Crippen LogP contribution is -2.44. The van der Waals surface area contributed by atoms with Gasteiger partial charge in [-0.3, -0.25) is 23.7 Å². The van der Waals surface area contributed by atoms with Gasteiger partial charge in [-0.1, -0.05) is 12.1 Å². The van der Waals surface area contributed by atoms with Crippen LogP contribution in [-0.4, -0.2) is 81.6 Å². The molecule has 0 bridgehead atoms. The fourth-order valence-corrected chi connectivity index (χ4v) is 5.84. The predicted octanol–water partition coefficient (Wildman–Crippen LogP) is 2.48. The highest BCUT2D eigenvalue weighted by atomic mass is 19.1. The van der Waals surface area contributed by atoms with E-state index < -0.39 is 11.9 Å². The zero-order valence-corrected chi connectivity index (χ0v) is 23.7. The van der Waals surface area contributed by atoms with Gasteiger partial charge in [0.15, 0.2) is 0 Å². The third-order valence-corrected chi connectivity index (χ3v) is 8.22. The summed E-state index contributed by atoms with van der Waals surface area (Å²) in [6, 6.07) is 8.98. The molecule has 2 aromatic carbocycles. The summed E-state index contributed by atoms with van der Waals surface area (Å²) in [6.45, 7) is 1.24. The molecule has 2 aliphatic rings. The minimum absolute atomic E-state index is 0.0256. The van der Waals surface area contributed by atoms with Gasteiger partial charge in [0.25, 0.3) is 0 Å². The average molecular weight is 576 g/mol. The highest BCUT2D eigenvalue weighted by molar-refractivity contribution is 6.00. The summed E-state index contributed by atoms with van der Waals surface area (Å²) in [7, 11) is 3.08. The molecule has 0 atom stereocenters. The van der Waals surface area contributed by atoms with Crippen LogP contribution in [0.15, 0.2) is 36.5 Å². The molecule has 2 fully saturated rings. The Bertz CT molecular complexity index is 1670. The molecule has 1 aliphatic heterocycles. The van der Waals surface area contributed by atoms with E-state index >= 15 is 4.39 Å². The molecule has 42 heavy (non-hydrogen) atoms. The Morgan fingerprint density at radius 3 is 2.64 bits per heavy atom. The number of nitrogens with one attached hydrogen (secondary N) is 2. The minimum atomic E-state index is -0.559. The molecule has 1 saturated heterocycles. The molecule has 11 nitrogen and oxygen atoms in total. The number of hydrogen-bond donors (Lipinski definition) is 2. The van der Waals surface area contributed by atoms with Gasteiger partial charge in [-0.2, -0.15) is 10.2 Å². The van der Waals surface area contributed by atoms with Crippen LogP contribution in [0.5, 0.6) is 0 Å². The van der Waals surface area contributed by atoms with Crippen LogP contribution in [0, 0.1) is 5.82 Å².